The third kappa shape index (κ3) is 8.43. The third-order valence-electron chi connectivity index (χ3n) is 5.41. The zero-order chi connectivity index (χ0) is 23.8. The molecule has 0 spiro atoms. The predicted octanol–water partition coefficient (Wildman–Crippen LogP) is 3.13. The Morgan fingerprint density at radius 2 is 1.29 bits per heavy atom. The van der Waals surface area contributed by atoms with Crippen molar-refractivity contribution >= 4 is 10.1 Å². The maximum absolute atomic E-state index is 10.9. The van der Waals surface area contributed by atoms with E-state index in [4.69, 9.17) is 9.47 Å². The van der Waals surface area contributed by atoms with E-state index in [9.17, 15) is 13.0 Å². The summed E-state index contributed by atoms with van der Waals surface area (Å²) in [6.07, 6.45) is 2.17. The Morgan fingerprint density at radius 3 is 1.88 bits per heavy atom. The summed E-state index contributed by atoms with van der Waals surface area (Å²) in [5.41, 5.74) is 6.27. The molecule has 0 unspecified atom stereocenters. The minimum Gasteiger partial charge on any atom is -0.748 e. The molecule has 3 aromatic rings. The normalized spacial score (nSPS) is 11.1. The van der Waals surface area contributed by atoms with Crippen LogP contribution in [-0.2, 0) is 10.1 Å². The Labute approximate surface area is 225 Å². The van der Waals surface area contributed by atoms with Gasteiger partial charge in [-0.2, -0.15) is 0 Å². The van der Waals surface area contributed by atoms with E-state index in [0.717, 1.165) is 46.4 Å². The van der Waals surface area contributed by atoms with Crippen molar-refractivity contribution in [3.05, 3.63) is 71.8 Å². The van der Waals surface area contributed by atoms with Gasteiger partial charge in [-0.05, 0) is 61.1 Å². The molecule has 0 aromatic heterocycles. The van der Waals surface area contributed by atoms with Crippen LogP contribution in [0.5, 0.6) is 11.5 Å². The number of hydrogen-bond donors (Lipinski definition) is 0. The van der Waals surface area contributed by atoms with Gasteiger partial charge < -0.3 is 14.0 Å². The fourth-order valence-corrected chi connectivity index (χ4v) is 3.97. The molecule has 0 radical (unpaired) electrons. The molecule has 34 heavy (non-hydrogen) atoms. The smallest absolute Gasteiger partial charge is 0.748 e. The minimum atomic E-state index is -4.25. The van der Waals surface area contributed by atoms with E-state index in [1.165, 1.54) is 5.56 Å². The minimum absolute atomic E-state index is 0. The largest absolute Gasteiger partial charge is 1.00 e. The number of benzene rings is 3. The van der Waals surface area contributed by atoms with Crippen LogP contribution >= 0.6 is 0 Å². The van der Waals surface area contributed by atoms with Gasteiger partial charge in [0.15, 0.2) is 0 Å². The molecule has 0 heterocycles. The molecule has 7 heteroatoms. The third-order valence-corrected chi connectivity index (χ3v) is 6.20. The topological polar surface area (TPSA) is 75.7 Å². The van der Waals surface area contributed by atoms with E-state index in [-0.39, 0.29) is 42.6 Å². The Bertz CT molecular complexity index is 1160. The van der Waals surface area contributed by atoms with Crippen LogP contribution in [0, 0.1) is 13.8 Å². The number of aryl methyl sites for hydroxylation is 2. The molecule has 0 aliphatic rings. The predicted molar refractivity (Wildman–Crippen MR) is 132 cm³/mol. The van der Waals surface area contributed by atoms with Gasteiger partial charge in [-0.1, -0.05) is 67.4 Å². The quantitative estimate of drug-likeness (QED) is 0.235. The molecule has 0 bridgehead atoms. The Morgan fingerprint density at radius 1 is 0.765 bits per heavy atom. The first-order chi connectivity index (χ1) is 15.8. The summed E-state index contributed by atoms with van der Waals surface area (Å²) >= 11 is 0. The first-order valence-electron chi connectivity index (χ1n) is 11.3. The van der Waals surface area contributed by atoms with Crippen LogP contribution < -0.4 is 39.0 Å². The zero-order valence-corrected chi connectivity index (χ0v) is 23.3. The van der Waals surface area contributed by atoms with Gasteiger partial charge in [0.2, 0.25) is 0 Å². The van der Waals surface area contributed by atoms with E-state index < -0.39 is 15.9 Å². The standard InChI is InChI=1S/C27H32O5S.Na/c1-4-5-15-31-26-19-25(27(18-21(26)3)32-16-6-17-33(28,29)30)24-13-11-23(12-14-24)22-9-7-20(2)8-10-22;/h7-14,18-19H,4-6,15-17H2,1-3H3,(H,28,29,30);/q;+1/p-1. The van der Waals surface area contributed by atoms with Crippen LogP contribution in [-0.4, -0.2) is 31.9 Å². The van der Waals surface area contributed by atoms with Gasteiger partial charge in [-0.25, -0.2) is 8.42 Å². The second-order valence-electron chi connectivity index (χ2n) is 8.22. The van der Waals surface area contributed by atoms with E-state index in [1.54, 1.807) is 0 Å². The molecule has 0 N–H and O–H groups in total. The summed E-state index contributed by atoms with van der Waals surface area (Å²) in [4.78, 5) is 0. The van der Waals surface area contributed by atoms with Crippen molar-refractivity contribution in [1.29, 1.82) is 0 Å². The van der Waals surface area contributed by atoms with Crippen LogP contribution in [0.3, 0.4) is 0 Å². The zero-order valence-electron chi connectivity index (χ0n) is 20.5. The van der Waals surface area contributed by atoms with Gasteiger partial charge >= 0.3 is 29.6 Å². The van der Waals surface area contributed by atoms with Gasteiger partial charge in [-0.3, -0.25) is 0 Å². The average Bonchev–Trinajstić information content (AvgIpc) is 2.78. The van der Waals surface area contributed by atoms with Crippen molar-refractivity contribution in [1.82, 2.24) is 0 Å². The first-order valence-corrected chi connectivity index (χ1v) is 12.9. The Kier molecular flexibility index (Phi) is 11.1. The van der Waals surface area contributed by atoms with E-state index >= 15 is 0 Å². The number of ether oxygens (including phenoxy) is 2. The molecule has 0 aliphatic carbocycles. The maximum atomic E-state index is 10.9. The van der Waals surface area contributed by atoms with Crippen molar-refractivity contribution in [3.63, 3.8) is 0 Å². The molecule has 5 nitrogen and oxygen atoms in total. The van der Waals surface area contributed by atoms with Gasteiger partial charge in [0.25, 0.3) is 0 Å². The second-order valence-corrected chi connectivity index (χ2v) is 9.75. The summed E-state index contributed by atoms with van der Waals surface area (Å²) in [6, 6.07) is 20.5. The van der Waals surface area contributed by atoms with Crippen molar-refractivity contribution in [2.24, 2.45) is 0 Å². The summed E-state index contributed by atoms with van der Waals surface area (Å²) in [6.45, 7) is 6.94. The molecule has 0 saturated carbocycles. The van der Waals surface area contributed by atoms with E-state index in [0.29, 0.717) is 12.4 Å². The molecule has 3 aromatic carbocycles. The van der Waals surface area contributed by atoms with Gasteiger partial charge in [0, 0.05) is 11.3 Å². The molecular formula is C27H31NaO5S. The summed E-state index contributed by atoms with van der Waals surface area (Å²) < 4.78 is 44.6. The van der Waals surface area contributed by atoms with E-state index in [2.05, 4.69) is 50.2 Å². The second kappa shape index (κ2) is 13.3. The molecule has 0 saturated heterocycles. The Hall–Kier alpha value is -1.83. The van der Waals surface area contributed by atoms with Crippen LogP contribution in [0.15, 0.2) is 60.7 Å². The van der Waals surface area contributed by atoms with Crippen molar-refractivity contribution in [2.75, 3.05) is 19.0 Å². The summed E-state index contributed by atoms with van der Waals surface area (Å²) in [5.74, 6) is 1.00. The van der Waals surface area contributed by atoms with Gasteiger partial charge in [-0.15, -0.1) is 0 Å². The van der Waals surface area contributed by atoms with Crippen LogP contribution in [0.2, 0.25) is 0 Å². The first kappa shape index (κ1) is 28.4. The summed E-state index contributed by atoms with van der Waals surface area (Å²) in [5, 5.41) is 0. The fraction of sp³-hybridized carbons (Fsp3) is 0.333. The molecule has 0 atom stereocenters. The van der Waals surface area contributed by atoms with Crippen LogP contribution in [0.1, 0.15) is 37.3 Å². The number of unbranched alkanes of at least 4 members (excludes halogenated alkanes) is 1. The van der Waals surface area contributed by atoms with Crippen LogP contribution in [0.25, 0.3) is 22.3 Å². The number of rotatable bonds is 11. The molecule has 0 fully saturated rings. The monoisotopic (exact) mass is 490 g/mol. The molecule has 3 rings (SSSR count). The van der Waals surface area contributed by atoms with Gasteiger partial charge in [0.05, 0.1) is 23.3 Å². The van der Waals surface area contributed by atoms with Crippen molar-refractivity contribution in [2.45, 2.75) is 40.0 Å². The molecule has 0 amide bonds. The molecule has 0 aliphatic heterocycles. The van der Waals surface area contributed by atoms with Crippen molar-refractivity contribution in [3.8, 4) is 33.8 Å². The molecule has 176 valence electrons. The van der Waals surface area contributed by atoms with Crippen LogP contribution in [0.4, 0.5) is 0 Å². The average molecular weight is 491 g/mol. The van der Waals surface area contributed by atoms with Crippen molar-refractivity contribution < 1.29 is 52.0 Å². The molecular weight excluding hydrogens is 459 g/mol. The Balaban J connectivity index is 0.00000408. The van der Waals surface area contributed by atoms with Gasteiger partial charge in [0.1, 0.15) is 11.5 Å². The summed E-state index contributed by atoms with van der Waals surface area (Å²) in [7, 11) is -4.25. The maximum Gasteiger partial charge on any atom is 1.00 e. The number of hydrogen-bond acceptors (Lipinski definition) is 5. The van der Waals surface area contributed by atoms with E-state index in [1.807, 2.05) is 31.2 Å². The SMILES string of the molecule is CCCCOc1cc(-c2ccc(-c3ccc(C)cc3)cc2)c(OCCCS(=O)(=O)[O-])cc1C.[Na+]. The fourth-order valence-electron chi connectivity index (χ4n) is 3.49.